The molecule has 2 aromatic rings. The van der Waals surface area contributed by atoms with Crippen LogP contribution in [0, 0.1) is 0 Å². The van der Waals surface area contributed by atoms with Gasteiger partial charge in [-0.2, -0.15) is 0 Å². The summed E-state index contributed by atoms with van der Waals surface area (Å²) in [5.74, 6) is 0.846. The molecule has 1 fully saturated rings. The summed E-state index contributed by atoms with van der Waals surface area (Å²) in [4.78, 5) is 26.6. The van der Waals surface area contributed by atoms with Crippen LogP contribution >= 0.6 is 0 Å². The number of benzene rings is 2. The van der Waals surface area contributed by atoms with Crippen molar-refractivity contribution in [2.24, 2.45) is 0 Å². The Bertz CT molecular complexity index is 910. The summed E-state index contributed by atoms with van der Waals surface area (Å²) < 4.78 is 5.76. The molecule has 0 spiro atoms. The van der Waals surface area contributed by atoms with Gasteiger partial charge >= 0.3 is 0 Å². The van der Waals surface area contributed by atoms with Crippen molar-refractivity contribution in [2.45, 2.75) is 57.9 Å². The molecule has 1 heterocycles. The van der Waals surface area contributed by atoms with Crippen molar-refractivity contribution in [1.82, 2.24) is 10.2 Å². The molecule has 1 aliphatic heterocycles. The van der Waals surface area contributed by atoms with Gasteiger partial charge in [-0.1, -0.05) is 39.0 Å². The van der Waals surface area contributed by atoms with Crippen LogP contribution in [0.25, 0.3) is 0 Å². The summed E-state index contributed by atoms with van der Waals surface area (Å²) in [6.45, 7) is 8.22. The van der Waals surface area contributed by atoms with Crippen LogP contribution in [0.15, 0.2) is 48.5 Å². The lowest BCUT2D eigenvalue weighted by Gasteiger charge is -2.32. The highest BCUT2D eigenvalue weighted by atomic mass is 16.5. The Balaban J connectivity index is 1.33. The van der Waals surface area contributed by atoms with Gasteiger partial charge in [0.25, 0.3) is 5.91 Å². The topological polar surface area (TPSA) is 78.9 Å². The van der Waals surface area contributed by atoms with Crippen LogP contribution in [-0.4, -0.2) is 47.6 Å². The number of nitrogens with zero attached hydrogens (tertiary/aromatic N) is 1. The van der Waals surface area contributed by atoms with E-state index in [1.54, 1.807) is 23.1 Å². The molecule has 2 aromatic carbocycles. The second-order valence-corrected chi connectivity index (χ2v) is 9.41. The Labute approximate surface area is 190 Å². The fraction of sp³-hybridized carbons (Fsp3) is 0.462. The summed E-state index contributed by atoms with van der Waals surface area (Å²) in [5.41, 5.74) is 1.87. The molecule has 1 saturated heterocycles. The minimum atomic E-state index is -0.0849. The first-order valence-corrected chi connectivity index (χ1v) is 11.3. The zero-order valence-electron chi connectivity index (χ0n) is 19.3. The van der Waals surface area contributed by atoms with Crippen molar-refractivity contribution in [3.63, 3.8) is 0 Å². The molecule has 0 bridgehead atoms. The molecule has 0 aliphatic carbocycles. The Morgan fingerprint density at radius 1 is 1.09 bits per heavy atom. The van der Waals surface area contributed by atoms with Gasteiger partial charge in [-0.3, -0.25) is 9.59 Å². The first-order chi connectivity index (χ1) is 15.2. The highest BCUT2D eigenvalue weighted by Crippen LogP contribution is 2.24. The fourth-order valence-corrected chi connectivity index (χ4v) is 3.82. The largest absolute Gasteiger partial charge is 0.508 e. The van der Waals surface area contributed by atoms with Crippen molar-refractivity contribution in [3.8, 4) is 11.5 Å². The van der Waals surface area contributed by atoms with E-state index >= 15 is 0 Å². The van der Waals surface area contributed by atoms with Gasteiger partial charge in [-0.15, -0.1) is 0 Å². The Kier molecular flexibility index (Phi) is 7.78. The minimum absolute atomic E-state index is 0.0226. The molecule has 172 valence electrons. The summed E-state index contributed by atoms with van der Waals surface area (Å²) in [6, 6.07) is 14.6. The maximum absolute atomic E-state index is 12.6. The van der Waals surface area contributed by atoms with Crippen molar-refractivity contribution in [1.29, 1.82) is 0 Å². The van der Waals surface area contributed by atoms with Crippen LogP contribution in [0.2, 0.25) is 0 Å². The number of ether oxygens (including phenoxy) is 1. The van der Waals surface area contributed by atoms with E-state index in [-0.39, 0.29) is 29.0 Å². The second-order valence-electron chi connectivity index (χ2n) is 9.41. The van der Waals surface area contributed by atoms with E-state index < -0.39 is 0 Å². The number of aromatic hydroxyl groups is 1. The van der Waals surface area contributed by atoms with Gasteiger partial charge in [-0.05, 0) is 60.6 Å². The fourth-order valence-electron chi connectivity index (χ4n) is 3.82. The van der Waals surface area contributed by atoms with Crippen LogP contribution in [0.5, 0.6) is 11.5 Å². The number of phenolic OH excluding ortho intramolecular Hbond substituents is 1. The van der Waals surface area contributed by atoms with Crippen molar-refractivity contribution < 1.29 is 19.4 Å². The zero-order chi connectivity index (χ0) is 23.1. The van der Waals surface area contributed by atoms with E-state index in [0.717, 1.165) is 18.6 Å². The van der Waals surface area contributed by atoms with Crippen molar-refractivity contribution in [3.05, 3.63) is 59.7 Å². The van der Waals surface area contributed by atoms with Gasteiger partial charge in [0.2, 0.25) is 5.91 Å². The number of carbonyl (C=O) groups is 2. The smallest absolute Gasteiger partial charge is 0.253 e. The molecular formula is C26H34N2O4. The predicted molar refractivity (Wildman–Crippen MR) is 125 cm³/mol. The third kappa shape index (κ3) is 6.74. The molecule has 0 aromatic heterocycles. The third-order valence-corrected chi connectivity index (χ3v) is 5.78. The van der Waals surface area contributed by atoms with E-state index in [2.05, 4.69) is 38.2 Å². The maximum Gasteiger partial charge on any atom is 0.253 e. The van der Waals surface area contributed by atoms with Crippen LogP contribution in [0.3, 0.4) is 0 Å². The van der Waals surface area contributed by atoms with Gasteiger partial charge in [0.1, 0.15) is 11.5 Å². The number of carbonyl (C=O) groups excluding carboxylic acids is 2. The van der Waals surface area contributed by atoms with Crippen LogP contribution in [0.4, 0.5) is 0 Å². The molecular weight excluding hydrogens is 404 g/mol. The van der Waals surface area contributed by atoms with E-state index in [1.807, 2.05) is 12.1 Å². The zero-order valence-corrected chi connectivity index (χ0v) is 19.3. The molecule has 32 heavy (non-hydrogen) atoms. The number of phenols is 1. The summed E-state index contributed by atoms with van der Waals surface area (Å²) in [5, 5.41) is 12.6. The molecule has 2 N–H and O–H groups in total. The van der Waals surface area contributed by atoms with E-state index in [0.29, 0.717) is 38.1 Å². The maximum atomic E-state index is 12.6. The van der Waals surface area contributed by atoms with E-state index in [4.69, 9.17) is 4.74 Å². The molecule has 3 rings (SSSR count). The monoisotopic (exact) mass is 438 g/mol. The van der Waals surface area contributed by atoms with Gasteiger partial charge in [-0.25, -0.2) is 0 Å². The normalized spacial score (nSPS) is 14.8. The lowest BCUT2D eigenvalue weighted by molar-refractivity contribution is -0.122. The standard InChI is InChI=1S/C26H34N2O4/c1-26(2,3)20-9-11-23(12-10-20)32-17-5-8-24(30)27-21-13-15-28(16-14-21)25(31)19-6-4-7-22(29)18-19/h4,6-7,9-12,18,21,29H,5,8,13-17H2,1-3H3,(H,27,30). The Hall–Kier alpha value is -3.02. The number of rotatable bonds is 7. The first-order valence-electron chi connectivity index (χ1n) is 11.3. The van der Waals surface area contributed by atoms with Gasteiger partial charge in [0.15, 0.2) is 0 Å². The SMILES string of the molecule is CC(C)(C)c1ccc(OCCCC(=O)NC2CCN(C(=O)c3cccc(O)c3)CC2)cc1. The third-order valence-electron chi connectivity index (χ3n) is 5.78. The number of piperidine rings is 1. The highest BCUT2D eigenvalue weighted by molar-refractivity contribution is 5.94. The van der Waals surface area contributed by atoms with Crippen LogP contribution in [-0.2, 0) is 10.2 Å². The van der Waals surface area contributed by atoms with Gasteiger partial charge in [0, 0.05) is 31.1 Å². The van der Waals surface area contributed by atoms with Crippen LogP contribution < -0.4 is 10.1 Å². The summed E-state index contributed by atoms with van der Waals surface area (Å²) >= 11 is 0. The average Bonchev–Trinajstić information content (AvgIpc) is 2.76. The molecule has 0 unspecified atom stereocenters. The summed E-state index contributed by atoms with van der Waals surface area (Å²) in [6.07, 6.45) is 2.53. The lowest BCUT2D eigenvalue weighted by Crippen LogP contribution is -2.46. The molecule has 0 saturated carbocycles. The quantitative estimate of drug-likeness (QED) is 0.633. The molecule has 0 radical (unpaired) electrons. The van der Waals surface area contributed by atoms with Crippen molar-refractivity contribution in [2.75, 3.05) is 19.7 Å². The average molecular weight is 439 g/mol. The molecule has 0 atom stereocenters. The van der Waals surface area contributed by atoms with Crippen molar-refractivity contribution >= 4 is 11.8 Å². The number of likely N-dealkylation sites (tertiary alicyclic amines) is 1. The number of hydrogen-bond donors (Lipinski definition) is 2. The Morgan fingerprint density at radius 3 is 2.41 bits per heavy atom. The predicted octanol–water partition coefficient (Wildman–Crippen LogP) is 4.27. The lowest BCUT2D eigenvalue weighted by atomic mass is 9.87. The number of nitrogens with one attached hydrogen (secondary N) is 1. The molecule has 6 heteroatoms. The number of amides is 2. The second kappa shape index (κ2) is 10.5. The van der Waals surface area contributed by atoms with E-state index in [9.17, 15) is 14.7 Å². The highest BCUT2D eigenvalue weighted by Gasteiger charge is 2.24. The van der Waals surface area contributed by atoms with Gasteiger partial charge in [0.05, 0.1) is 6.61 Å². The Morgan fingerprint density at radius 2 is 1.78 bits per heavy atom. The minimum Gasteiger partial charge on any atom is -0.508 e. The molecule has 1 aliphatic rings. The summed E-state index contributed by atoms with van der Waals surface area (Å²) in [7, 11) is 0. The molecule has 6 nitrogen and oxygen atoms in total. The number of hydrogen-bond acceptors (Lipinski definition) is 4. The first kappa shape index (κ1) is 23.6. The molecule has 2 amide bonds. The van der Waals surface area contributed by atoms with Gasteiger partial charge < -0.3 is 20.1 Å². The van der Waals surface area contributed by atoms with Crippen LogP contribution in [0.1, 0.15) is 62.4 Å². The van der Waals surface area contributed by atoms with E-state index in [1.165, 1.54) is 11.6 Å².